The van der Waals surface area contributed by atoms with E-state index in [0.717, 1.165) is 30.1 Å². The predicted molar refractivity (Wildman–Crippen MR) is 102 cm³/mol. The van der Waals surface area contributed by atoms with Crippen molar-refractivity contribution in [2.24, 2.45) is 0 Å². The maximum Gasteiger partial charge on any atom is 0.232 e. The van der Waals surface area contributed by atoms with Crippen LogP contribution in [0.3, 0.4) is 0 Å². The number of methoxy groups -OCH3 is 1. The third-order valence-electron chi connectivity index (χ3n) is 4.59. The summed E-state index contributed by atoms with van der Waals surface area (Å²) < 4.78 is 5.18. The van der Waals surface area contributed by atoms with Crippen LogP contribution in [0.15, 0.2) is 48.8 Å². The predicted octanol–water partition coefficient (Wildman–Crippen LogP) is 1.45. The molecule has 1 N–H and O–H groups in total. The number of carbonyl (C=O) groups is 2. The van der Waals surface area contributed by atoms with Gasteiger partial charge in [-0.05, 0) is 35.9 Å². The van der Waals surface area contributed by atoms with Crippen molar-refractivity contribution >= 4 is 17.5 Å². The molecule has 0 radical (unpaired) electrons. The molecule has 0 atom stereocenters. The highest BCUT2D eigenvalue weighted by atomic mass is 16.5. The van der Waals surface area contributed by atoms with Crippen LogP contribution in [0.4, 0.5) is 5.69 Å². The van der Waals surface area contributed by atoms with Gasteiger partial charge in [-0.15, -0.1) is 0 Å². The number of pyridine rings is 1. The van der Waals surface area contributed by atoms with Crippen LogP contribution in [0.25, 0.3) is 0 Å². The third-order valence-corrected chi connectivity index (χ3v) is 4.59. The average Bonchev–Trinajstić information content (AvgIpc) is 2.73. The maximum absolute atomic E-state index is 12.4. The van der Waals surface area contributed by atoms with Crippen molar-refractivity contribution in [2.75, 3.05) is 38.2 Å². The van der Waals surface area contributed by atoms with E-state index in [2.05, 4.69) is 15.2 Å². The molecule has 1 fully saturated rings. The van der Waals surface area contributed by atoms with Crippen molar-refractivity contribution < 1.29 is 14.3 Å². The van der Waals surface area contributed by atoms with Gasteiger partial charge in [0.05, 0.1) is 7.11 Å². The molecule has 1 aromatic carbocycles. The number of ether oxygens (including phenoxy) is 1. The van der Waals surface area contributed by atoms with Gasteiger partial charge in [0.15, 0.2) is 0 Å². The first-order chi connectivity index (χ1) is 13.2. The average molecular weight is 368 g/mol. The summed E-state index contributed by atoms with van der Waals surface area (Å²) in [7, 11) is 1.65. The van der Waals surface area contributed by atoms with Crippen LogP contribution in [0.2, 0.25) is 0 Å². The highest BCUT2D eigenvalue weighted by molar-refractivity contribution is 5.96. The minimum atomic E-state index is -0.263. The zero-order valence-electron chi connectivity index (χ0n) is 15.4. The highest BCUT2D eigenvalue weighted by Crippen LogP contribution is 2.20. The van der Waals surface area contributed by atoms with E-state index in [1.54, 1.807) is 24.4 Å². The molecule has 1 aromatic heterocycles. The summed E-state index contributed by atoms with van der Waals surface area (Å²) >= 11 is 0. The normalized spacial score (nSPS) is 14.0. The molecule has 3 rings (SSSR count). The summed E-state index contributed by atoms with van der Waals surface area (Å²) in [6.07, 6.45) is 3.25. The smallest absolute Gasteiger partial charge is 0.232 e. The van der Waals surface area contributed by atoms with E-state index in [9.17, 15) is 9.59 Å². The lowest BCUT2D eigenvalue weighted by molar-refractivity contribution is -0.136. The first-order valence-corrected chi connectivity index (χ1v) is 8.98. The van der Waals surface area contributed by atoms with Gasteiger partial charge in [0.2, 0.25) is 11.8 Å². The fraction of sp³-hybridized carbons (Fsp3) is 0.350. The first kappa shape index (κ1) is 18.7. The number of hydrogen-bond acceptors (Lipinski definition) is 5. The number of nitrogens with zero attached hydrogens (tertiary/aromatic N) is 3. The van der Waals surface area contributed by atoms with Gasteiger partial charge in [-0.3, -0.25) is 14.6 Å². The van der Waals surface area contributed by atoms with Crippen LogP contribution in [0.5, 0.6) is 5.75 Å². The van der Waals surface area contributed by atoms with Crippen LogP contribution in [-0.2, 0) is 16.1 Å². The first-order valence-electron chi connectivity index (χ1n) is 8.98. The molecular weight excluding hydrogens is 344 g/mol. The van der Waals surface area contributed by atoms with Gasteiger partial charge in [-0.25, -0.2) is 0 Å². The van der Waals surface area contributed by atoms with Crippen molar-refractivity contribution in [1.82, 2.24) is 15.2 Å². The van der Waals surface area contributed by atoms with Crippen molar-refractivity contribution in [3.8, 4) is 5.75 Å². The number of hydrogen-bond donors (Lipinski definition) is 1. The minimum Gasteiger partial charge on any atom is -0.497 e. The molecule has 1 aliphatic rings. The highest BCUT2D eigenvalue weighted by Gasteiger charge is 2.22. The maximum atomic E-state index is 12.4. The molecule has 0 saturated carbocycles. The van der Waals surface area contributed by atoms with Gasteiger partial charge in [-0.1, -0.05) is 6.07 Å². The number of nitrogens with one attached hydrogen (secondary N) is 1. The van der Waals surface area contributed by atoms with Crippen LogP contribution in [-0.4, -0.2) is 55.0 Å². The number of benzene rings is 1. The van der Waals surface area contributed by atoms with Crippen LogP contribution in [0.1, 0.15) is 12.0 Å². The summed E-state index contributed by atoms with van der Waals surface area (Å²) in [4.78, 5) is 32.4. The summed E-state index contributed by atoms with van der Waals surface area (Å²) in [5, 5.41) is 2.77. The molecule has 0 aliphatic carbocycles. The number of amides is 2. The molecule has 7 nitrogen and oxygen atoms in total. The Balaban J connectivity index is 1.43. The zero-order chi connectivity index (χ0) is 19.1. The number of carbonyl (C=O) groups excluding carboxylic acids is 2. The molecule has 2 heterocycles. The summed E-state index contributed by atoms with van der Waals surface area (Å²) in [6, 6.07) is 11.6. The Labute approximate surface area is 158 Å². The Morgan fingerprint density at radius 1 is 1.11 bits per heavy atom. The van der Waals surface area contributed by atoms with Crippen molar-refractivity contribution in [2.45, 2.75) is 13.0 Å². The Morgan fingerprint density at radius 2 is 1.85 bits per heavy atom. The fourth-order valence-electron chi connectivity index (χ4n) is 3.02. The second-order valence-electron chi connectivity index (χ2n) is 6.38. The lowest BCUT2D eigenvalue weighted by atomic mass is 10.2. The van der Waals surface area contributed by atoms with Gasteiger partial charge < -0.3 is 19.9 Å². The largest absolute Gasteiger partial charge is 0.497 e. The molecule has 0 spiro atoms. The number of rotatable bonds is 6. The van der Waals surface area contributed by atoms with Crippen LogP contribution < -0.4 is 15.0 Å². The molecular formula is C20H24N4O3. The van der Waals surface area contributed by atoms with Crippen molar-refractivity contribution in [3.05, 3.63) is 54.4 Å². The lowest BCUT2D eigenvalue weighted by Crippen LogP contribution is -2.49. The SMILES string of the molecule is COc1ccc(N2CCN(C(=O)CC(=O)NCc3cccnc3)CC2)cc1. The minimum absolute atomic E-state index is 0.122. The molecule has 1 saturated heterocycles. The van der Waals surface area contributed by atoms with Gasteiger partial charge in [-0.2, -0.15) is 0 Å². The molecule has 0 unspecified atom stereocenters. The van der Waals surface area contributed by atoms with E-state index >= 15 is 0 Å². The molecule has 142 valence electrons. The van der Waals surface area contributed by atoms with E-state index in [1.165, 1.54) is 0 Å². The van der Waals surface area contributed by atoms with Gasteiger partial charge >= 0.3 is 0 Å². The lowest BCUT2D eigenvalue weighted by Gasteiger charge is -2.36. The van der Waals surface area contributed by atoms with E-state index in [1.807, 2.05) is 36.4 Å². The van der Waals surface area contributed by atoms with Gasteiger partial charge in [0, 0.05) is 50.8 Å². The van der Waals surface area contributed by atoms with Crippen LogP contribution in [0, 0.1) is 0 Å². The molecule has 27 heavy (non-hydrogen) atoms. The fourth-order valence-corrected chi connectivity index (χ4v) is 3.02. The van der Waals surface area contributed by atoms with E-state index in [0.29, 0.717) is 19.6 Å². The second-order valence-corrected chi connectivity index (χ2v) is 6.38. The monoisotopic (exact) mass is 368 g/mol. The number of anilines is 1. The van der Waals surface area contributed by atoms with E-state index in [-0.39, 0.29) is 18.2 Å². The van der Waals surface area contributed by atoms with E-state index < -0.39 is 0 Å². The molecule has 1 aliphatic heterocycles. The summed E-state index contributed by atoms with van der Waals surface area (Å²) in [5.74, 6) is 0.430. The molecule has 7 heteroatoms. The van der Waals surface area contributed by atoms with Gasteiger partial charge in [0.1, 0.15) is 12.2 Å². The Kier molecular flexibility index (Phi) is 6.25. The van der Waals surface area contributed by atoms with Crippen LogP contribution >= 0.6 is 0 Å². The Morgan fingerprint density at radius 3 is 2.48 bits per heavy atom. The zero-order valence-corrected chi connectivity index (χ0v) is 15.4. The van der Waals surface area contributed by atoms with Crippen molar-refractivity contribution in [3.63, 3.8) is 0 Å². The Hall–Kier alpha value is -3.09. The molecule has 0 bridgehead atoms. The third kappa shape index (κ3) is 5.20. The number of aromatic nitrogens is 1. The summed E-state index contributed by atoms with van der Waals surface area (Å²) in [6.45, 7) is 3.09. The molecule has 2 aromatic rings. The van der Waals surface area contributed by atoms with Gasteiger partial charge in [0.25, 0.3) is 0 Å². The Bertz CT molecular complexity index is 757. The second kappa shape index (κ2) is 9.02. The summed E-state index contributed by atoms with van der Waals surface area (Å²) in [5.41, 5.74) is 2.02. The standard InChI is InChI=1S/C20H24N4O3/c1-27-18-6-4-17(5-7-18)23-9-11-24(12-10-23)20(26)13-19(25)22-15-16-3-2-8-21-14-16/h2-8,14H,9-13,15H2,1H3,(H,22,25). The number of piperazine rings is 1. The van der Waals surface area contributed by atoms with E-state index in [4.69, 9.17) is 4.74 Å². The molecule has 2 amide bonds. The van der Waals surface area contributed by atoms with Crippen molar-refractivity contribution in [1.29, 1.82) is 0 Å². The topological polar surface area (TPSA) is 74.8 Å². The quantitative estimate of drug-likeness (QED) is 0.781.